The van der Waals surface area contributed by atoms with Gasteiger partial charge < -0.3 is 19.4 Å². The van der Waals surface area contributed by atoms with Crippen molar-refractivity contribution >= 4 is 23.8 Å². The van der Waals surface area contributed by atoms with Crippen LogP contribution in [0.5, 0.6) is 11.5 Å². The molecule has 0 unspecified atom stereocenters. The van der Waals surface area contributed by atoms with Crippen LogP contribution in [0.2, 0.25) is 0 Å². The molecular weight excluding hydrogens is 390 g/mol. The number of aromatic nitrogens is 3. The molecule has 1 N–H and O–H groups in total. The SMILES string of the molecule is CCc1nc(S/C(=C\c2ccc(OCc3ccc(OC)cc3)cc2)C(=O)[O-])n[nH]1. The monoisotopic (exact) mass is 410 g/mol. The number of carbonyl (C=O) groups excluding carboxylic acids is 1. The van der Waals surface area contributed by atoms with Crippen LogP contribution in [0.3, 0.4) is 0 Å². The molecule has 3 rings (SSSR count). The first-order chi connectivity index (χ1) is 14.1. The molecule has 0 atom stereocenters. The normalized spacial score (nSPS) is 11.3. The summed E-state index contributed by atoms with van der Waals surface area (Å²) in [6, 6.07) is 14.8. The Morgan fingerprint density at radius 2 is 1.83 bits per heavy atom. The van der Waals surface area contributed by atoms with Gasteiger partial charge in [0.15, 0.2) is 0 Å². The highest BCUT2D eigenvalue weighted by molar-refractivity contribution is 8.04. The van der Waals surface area contributed by atoms with Gasteiger partial charge >= 0.3 is 0 Å². The van der Waals surface area contributed by atoms with E-state index in [2.05, 4.69) is 15.2 Å². The second kappa shape index (κ2) is 9.79. The molecule has 3 aromatic rings. The fraction of sp³-hybridized carbons (Fsp3) is 0.190. The molecule has 0 amide bonds. The van der Waals surface area contributed by atoms with E-state index in [1.54, 1.807) is 31.4 Å². The van der Waals surface area contributed by atoms with Crippen molar-refractivity contribution in [1.29, 1.82) is 0 Å². The van der Waals surface area contributed by atoms with Crippen molar-refractivity contribution < 1.29 is 19.4 Å². The van der Waals surface area contributed by atoms with Crippen LogP contribution in [0.4, 0.5) is 0 Å². The zero-order valence-corrected chi connectivity index (χ0v) is 16.9. The van der Waals surface area contributed by atoms with Crippen molar-refractivity contribution in [3.05, 3.63) is 70.4 Å². The second-order valence-corrected chi connectivity index (χ2v) is 7.03. The number of rotatable bonds is 9. The number of carbonyl (C=O) groups is 1. The zero-order chi connectivity index (χ0) is 20.6. The molecule has 0 spiro atoms. The Morgan fingerprint density at radius 1 is 1.14 bits per heavy atom. The Bertz CT molecular complexity index is 982. The van der Waals surface area contributed by atoms with Crippen LogP contribution < -0.4 is 14.6 Å². The van der Waals surface area contributed by atoms with Gasteiger partial charge in [0, 0.05) is 11.3 Å². The van der Waals surface area contributed by atoms with E-state index >= 15 is 0 Å². The minimum absolute atomic E-state index is 0.0264. The number of aromatic amines is 1. The molecule has 8 heteroatoms. The van der Waals surface area contributed by atoms with Gasteiger partial charge in [-0.3, -0.25) is 5.10 Å². The number of hydrogen-bond donors (Lipinski definition) is 1. The van der Waals surface area contributed by atoms with Crippen LogP contribution in [0, 0.1) is 0 Å². The number of H-pyrrole nitrogens is 1. The summed E-state index contributed by atoms with van der Waals surface area (Å²) in [6.45, 7) is 2.35. The largest absolute Gasteiger partial charge is 0.544 e. The molecule has 1 aromatic heterocycles. The number of methoxy groups -OCH3 is 1. The number of carboxylic acid groups (broad SMARTS) is 1. The summed E-state index contributed by atoms with van der Waals surface area (Å²) in [5.74, 6) is 0.894. The molecule has 29 heavy (non-hydrogen) atoms. The fourth-order valence-electron chi connectivity index (χ4n) is 2.41. The average Bonchev–Trinajstić information content (AvgIpc) is 3.21. The number of aliphatic carboxylic acids is 1. The van der Waals surface area contributed by atoms with Gasteiger partial charge in [-0.2, -0.15) is 0 Å². The lowest BCUT2D eigenvalue weighted by Crippen LogP contribution is -2.23. The van der Waals surface area contributed by atoms with Crippen molar-refractivity contribution in [2.24, 2.45) is 0 Å². The maximum Gasteiger partial charge on any atom is 0.213 e. The molecular formula is C21H20N3O4S-. The van der Waals surface area contributed by atoms with Crippen molar-refractivity contribution in [3.8, 4) is 11.5 Å². The van der Waals surface area contributed by atoms with Crippen LogP contribution in [0.1, 0.15) is 23.9 Å². The number of thioether (sulfide) groups is 1. The van der Waals surface area contributed by atoms with E-state index in [-0.39, 0.29) is 4.91 Å². The van der Waals surface area contributed by atoms with E-state index in [1.807, 2.05) is 31.2 Å². The highest BCUT2D eigenvalue weighted by Gasteiger charge is 2.08. The molecule has 7 nitrogen and oxygen atoms in total. The van der Waals surface area contributed by atoms with Crippen LogP contribution >= 0.6 is 11.8 Å². The third kappa shape index (κ3) is 5.86. The van der Waals surface area contributed by atoms with Crippen molar-refractivity contribution in [2.45, 2.75) is 25.1 Å². The van der Waals surface area contributed by atoms with Gasteiger partial charge in [0.1, 0.15) is 23.9 Å². The lowest BCUT2D eigenvalue weighted by molar-refractivity contribution is -0.297. The standard InChI is InChI=1S/C21H21N3O4S/c1-3-19-22-21(24-23-19)29-18(20(25)26)12-14-4-10-17(11-5-14)28-13-15-6-8-16(27-2)9-7-15/h4-12H,3,13H2,1-2H3,(H,25,26)(H,22,23,24)/p-1/b18-12-. The molecule has 150 valence electrons. The maximum absolute atomic E-state index is 11.5. The van der Waals surface area contributed by atoms with E-state index in [4.69, 9.17) is 9.47 Å². The molecule has 0 aliphatic carbocycles. The van der Waals surface area contributed by atoms with Gasteiger partial charge in [-0.05, 0) is 53.2 Å². The van der Waals surface area contributed by atoms with Gasteiger partial charge in [-0.25, -0.2) is 4.98 Å². The highest BCUT2D eigenvalue weighted by Crippen LogP contribution is 2.26. The topological polar surface area (TPSA) is 100 Å². The van der Waals surface area contributed by atoms with Gasteiger partial charge in [0.25, 0.3) is 0 Å². The van der Waals surface area contributed by atoms with Crippen molar-refractivity contribution in [3.63, 3.8) is 0 Å². The summed E-state index contributed by atoms with van der Waals surface area (Å²) in [5.41, 5.74) is 1.73. The van der Waals surface area contributed by atoms with Crippen molar-refractivity contribution in [1.82, 2.24) is 15.2 Å². The van der Waals surface area contributed by atoms with E-state index in [0.29, 0.717) is 35.3 Å². The summed E-state index contributed by atoms with van der Waals surface area (Å²) in [7, 11) is 1.62. The smallest absolute Gasteiger partial charge is 0.213 e. The second-order valence-electron chi connectivity index (χ2n) is 6.02. The Morgan fingerprint density at radius 3 is 2.41 bits per heavy atom. The lowest BCUT2D eigenvalue weighted by atomic mass is 10.2. The lowest BCUT2D eigenvalue weighted by Gasteiger charge is -2.08. The quantitative estimate of drug-likeness (QED) is 0.428. The number of nitrogens with one attached hydrogen (secondary N) is 1. The van der Waals surface area contributed by atoms with Gasteiger partial charge in [-0.15, -0.1) is 5.10 Å². The summed E-state index contributed by atoms with van der Waals surface area (Å²) in [5, 5.41) is 18.6. The molecule has 0 saturated carbocycles. The summed E-state index contributed by atoms with van der Waals surface area (Å²) in [4.78, 5) is 15.7. The average molecular weight is 410 g/mol. The molecule has 2 aromatic carbocycles. The molecule has 1 heterocycles. The molecule has 0 bridgehead atoms. The Hall–Kier alpha value is -3.26. The number of benzene rings is 2. The Kier molecular flexibility index (Phi) is 6.91. The number of aryl methyl sites for hydroxylation is 1. The van der Waals surface area contributed by atoms with Crippen molar-refractivity contribution in [2.75, 3.05) is 7.11 Å². The third-order valence-corrected chi connectivity index (χ3v) is 4.86. The van der Waals surface area contributed by atoms with Crippen LogP contribution in [-0.2, 0) is 17.8 Å². The fourth-order valence-corrected chi connectivity index (χ4v) is 3.13. The summed E-state index contributed by atoms with van der Waals surface area (Å²) < 4.78 is 10.9. The van der Waals surface area contributed by atoms with Gasteiger partial charge in [0.2, 0.25) is 5.16 Å². The molecule has 0 aliphatic heterocycles. The third-order valence-electron chi connectivity index (χ3n) is 3.99. The number of ether oxygens (including phenoxy) is 2. The number of nitrogens with zero attached hydrogens (tertiary/aromatic N) is 2. The van der Waals surface area contributed by atoms with E-state index in [1.165, 1.54) is 6.08 Å². The number of hydrogen-bond acceptors (Lipinski definition) is 7. The maximum atomic E-state index is 11.5. The molecule has 0 aliphatic rings. The molecule has 0 saturated heterocycles. The summed E-state index contributed by atoms with van der Waals surface area (Å²) in [6.07, 6.45) is 2.21. The minimum atomic E-state index is -1.28. The zero-order valence-electron chi connectivity index (χ0n) is 16.0. The van der Waals surface area contributed by atoms with E-state index in [9.17, 15) is 9.90 Å². The predicted molar refractivity (Wildman–Crippen MR) is 108 cm³/mol. The summed E-state index contributed by atoms with van der Waals surface area (Å²) >= 11 is 0.947. The predicted octanol–water partition coefficient (Wildman–Crippen LogP) is 2.84. The van der Waals surface area contributed by atoms with Crippen LogP contribution in [0.25, 0.3) is 6.08 Å². The first-order valence-corrected chi connectivity index (χ1v) is 9.77. The highest BCUT2D eigenvalue weighted by atomic mass is 32.2. The Balaban J connectivity index is 1.64. The first-order valence-electron chi connectivity index (χ1n) is 8.95. The van der Waals surface area contributed by atoms with E-state index in [0.717, 1.165) is 23.1 Å². The molecule has 0 fully saturated rings. The minimum Gasteiger partial charge on any atom is -0.544 e. The first kappa shape index (κ1) is 20.5. The van der Waals surface area contributed by atoms with Gasteiger partial charge in [0.05, 0.1) is 13.1 Å². The van der Waals surface area contributed by atoms with Crippen LogP contribution in [-0.4, -0.2) is 28.3 Å². The van der Waals surface area contributed by atoms with Gasteiger partial charge in [-0.1, -0.05) is 31.2 Å². The van der Waals surface area contributed by atoms with E-state index < -0.39 is 5.97 Å². The Labute approximate surface area is 172 Å². The van der Waals surface area contributed by atoms with Crippen LogP contribution in [0.15, 0.2) is 58.6 Å². The number of carboxylic acids is 1. The molecule has 0 radical (unpaired) electrons.